The highest BCUT2D eigenvalue weighted by molar-refractivity contribution is 5.96. The molecule has 0 bridgehead atoms. The molecule has 4 rings (SSSR count). The van der Waals surface area contributed by atoms with E-state index in [0.29, 0.717) is 18.1 Å². The van der Waals surface area contributed by atoms with Crippen molar-refractivity contribution in [2.24, 2.45) is 0 Å². The number of imidazole rings is 1. The molecule has 1 amide bonds. The van der Waals surface area contributed by atoms with Gasteiger partial charge in [0.2, 0.25) is 0 Å². The van der Waals surface area contributed by atoms with E-state index in [0.717, 1.165) is 27.7 Å². The summed E-state index contributed by atoms with van der Waals surface area (Å²) in [6.07, 6.45) is 1.05. The van der Waals surface area contributed by atoms with E-state index in [4.69, 9.17) is 4.74 Å². The fourth-order valence-corrected chi connectivity index (χ4v) is 2.69. The second kappa shape index (κ2) is 5.69. The van der Waals surface area contributed by atoms with Gasteiger partial charge in [-0.05, 0) is 25.1 Å². The minimum absolute atomic E-state index is 0.299. The zero-order valence-corrected chi connectivity index (χ0v) is 13.0. The summed E-state index contributed by atoms with van der Waals surface area (Å²) in [6, 6.07) is 11.9. The molecule has 24 heavy (non-hydrogen) atoms. The molecule has 0 radical (unpaired) electrons. The van der Waals surface area contributed by atoms with E-state index in [1.165, 1.54) is 0 Å². The Kier molecular flexibility index (Phi) is 3.38. The van der Waals surface area contributed by atoms with Crippen molar-refractivity contribution in [3.63, 3.8) is 0 Å². The Labute approximate surface area is 137 Å². The molecule has 0 fully saturated rings. The van der Waals surface area contributed by atoms with Crippen LogP contribution in [0.2, 0.25) is 0 Å². The Morgan fingerprint density at radius 1 is 1.29 bits per heavy atom. The third-order valence-electron chi connectivity index (χ3n) is 3.71. The molecule has 0 atom stereocenters. The van der Waals surface area contributed by atoms with E-state index >= 15 is 0 Å². The van der Waals surface area contributed by atoms with Crippen LogP contribution in [-0.4, -0.2) is 32.6 Å². The van der Waals surface area contributed by atoms with Crippen LogP contribution in [0.15, 0.2) is 42.7 Å². The fraction of sp³-hybridized carbons (Fsp3) is 0.118. The first-order chi connectivity index (χ1) is 11.7. The van der Waals surface area contributed by atoms with Crippen LogP contribution in [0.1, 0.15) is 6.92 Å². The second-order valence-corrected chi connectivity index (χ2v) is 5.27. The van der Waals surface area contributed by atoms with Gasteiger partial charge < -0.3 is 14.7 Å². The second-order valence-electron chi connectivity index (χ2n) is 5.27. The van der Waals surface area contributed by atoms with Crippen LogP contribution >= 0.6 is 0 Å². The molecule has 0 aliphatic carbocycles. The maximum absolute atomic E-state index is 11.7. The highest BCUT2D eigenvalue weighted by atomic mass is 16.5. The van der Waals surface area contributed by atoms with Crippen LogP contribution in [0.4, 0.5) is 10.6 Å². The molecule has 0 saturated carbocycles. The summed E-state index contributed by atoms with van der Waals surface area (Å²) < 4.78 is 4.91. The Hall–Kier alpha value is -3.35. The number of carbonyl (C=O) groups excluding carboxylic acids is 1. The predicted molar refractivity (Wildman–Crippen MR) is 91.8 cm³/mol. The SMILES string of the molecule is CCOC(=O)Nc1cc(-c2cc3ccccc3[nH]2)c2nc[nH]c2n1. The van der Waals surface area contributed by atoms with Gasteiger partial charge in [-0.25, -0.2) is 14.8 Å². The minimum Gasteiger partial charge on any atom is -0.450 e. The smallest absolute Gasteiger partial charge is 0.412 e. The Balaban J connectivity index is 1.83. The van der Waals surface area contributed by atoms with Gasteiger partial charge in [0.1, 0.15) is 11.3 Å². The number of para-hydroxylation sites is 1. The number of aromatic nitrogens is 4. The Bertz CT molecular complexity index is 1000. The first-order valence-electron chi connectivity index (χ1n) is 7.60. The van der Waals surface area contributed by atoms with Crippen molar-refractivity contribution in [1.82, 2.24) is 19.9 Å². The molecule has 0 unspecified atom stereocenters. The number of aromatic amines is 2. The van der Waals surface area contributed by atoms with E-state index in [2.05, 4.69) is 25.3 Å². The Morgan fingerprint density at radius 3 is 3.00 bits per heavy atom. The average molecular weight is 321 g/mol. The number of amides is 1. The largest absolute Gasteiger partial charge is 0.450 e. The molecule has 0 saturated heterocycles. The molecule has 3 aromatic heterocycles. The number of ether oxygens (including phenoxy) is 1. The monoisotopic (exact) mass is 321 g/mol. The average Bonchev–Trinajstić information content (AvgIpc) is 3.20. The van der Waals surface area contributed by atoms with Gasteiger partial charge in [0, 0.05) is 22.2 Å². The highest BCUT2D eigenvalue weighted by Gasteiger charge is 2.14. The Morgan fingerprint density at radius 2 is 2.17 bits per heavy atom. The number of hydrogen-bond acceptors (Lipinski definition) is 4. The van der Waals surface area contributed by atoms with Gasteiger partial charge in [0.15, 0.2) is 5.65 Å². The number of pyridine rings is 1. The molecule has 1 aromatic carbocycles. The topological polar surface area (TPSA) is 95.7 Å². The molecular weight excluding hydrogens is 306 g/mol. The summed E-state index contributed by atoms with van der Waals surface area (Å²) in [6.45, 7) is 2.05. The first-order valence-corrected chi connectivity index (χ1v) is 7.60. The van der Waals surface area contributed by atoms with Gasteiger partial charge in [0.05, 0.1) is 12.9 Å². The third kappa shape index (κ3) is 2.45. The number of rotatable bonds is 3. The molecule has 3 N–H and O–H groups in total. The van der Waals surface area contributed by atoms with Crippen LogP contribution < -0.4 is 5.32 Å². The number of benzene rings is 1. The van der Waals surface area contributed by atoms with Gasteiger partial charge in [0.25, 0.3) is 0 Å². The van der Waals surface area contributed by atoms with Crippen molar-refractivity contribution in [1.29, 1.82) is 0 Å². The van der Waals surface area contributed by atoms with E-state index in [1.807, 2.05) is 30.3 Å². The number of nitrogens with zero attached hydrogens (tertiary/aromatic N) is 2. The van der Waals surface area contributed by atoms with E-state index in [9.17, 15) is 4.79 Å². The van der Waals surface area contributed by atoms with Crippen LogP contribution in [0, 0.1) is 0 Å². The number of anilines is 1. The number of carbonyl (C=O) groups is 1. The van der Waals surface area contributed by atoms with Crippen LogP contribution in [0.25, 0.3) is 33.3 Å². The van der Waals surface area contributed by atoms with Gasteiger partial charge in [-0.1, -0.05) is 18.2 Å². The molecular formula is C17H15N5O2. The lowest BCUT2D eigenvalue weighted by atomic mass is 10.1. The van der Waals surface area contributed by atoms with Crippen molar-refractivity contribution in [3.8, 4) is 11.3 Å². The quantitative estimate of drug-likeness (QED) is 0.536. The van der Waals surface area contributed by atoms with E-state index < -0.39 is 6.09 Å². The summed E-state index contributed by atoms with van der Waals surface area (Å²) in [5.41, 5.74) is 4.12. The molecule has 7 nitrogen and oxygen atoms in total. The molecule has 120 valence electrons. The predicted octanol–water partition coefficient (Wildman–Crippen LogP) is 3.67. The normalized spacial score (nSPS) is 11.0. The zero-order valence-electron chi connectivity index (χ0n) is 13.0. The van der Waals surface area contributed by atoms with Crippen molar-refractivity contribution in [3.05, 3.63) is 42.7 Å². The summed E-state index contributed by atoms with van der Waals surface area (Å²) in [5, 5.41) is 3.74. The van der Waals surface area contributed by atoms with Gasteiger partial charge in [-0.2, -0.15) is 0 Å². The van der Waals surface area contributed by atoms with Crippen molar-refractivity contribution >= 4 is 34.0 Å². The number of fused-ring (bicyclic) bond motifs is 2. The van der Waals surface area contributed by atoms with E-state index in [1.54, 1.807) is 19.3 Å². The summed E-state index contributed by atoms with van der Waals surface area (Å²) in [4.78, 5) is 26.7. The summed E-state index contributed by atoms with van der Waals surface area (Å²) >= 11 is 0. The van der Waals surface area contributed by atoms with Crippen molar-refractivity contribution < 1.29 is 9.53 Å². The first kappa shape index (κ1) is 14.3. The van der Waals surface area contributed by atoms with Crippen molar-refractivity contribution in [2.45, 2.75) is 6.92 Å². The van der Waals surface area contributed by atoms with Crippen LogP contribution in [0.3, 0.4) is 0 Å². The minimum atomic E-state index is -0.536. The molecule has 0 aliphatic rings. The molecule has 3 heterocycles. The third-order valence-corrected chi connectivity index (χ3v) is 3.71. The lowest BCUT2D eigenvalue weighted by Crippen LogP contribution is -2.14. The maximum atomic E-state index is 11.7. The highest BCUT2D eigenvalue weighted by Crippen LogP contribution is 2.30. The summed E-state index contributed by atoms with van der Waals surface area (Å²) in [5.74, 6) is 0.402. The lowest BCUT2D eigenvalue weighted by Gasteiger charge is -2.07. The molecule has 4 aromatic rings. The van der Waals surface area contributed by atoms with Crippen molar-refractivity contribution in [2.75, 3.05) is 11.9 Å². The van der Waals surface area contributed by atoms with Gasteiger partial charge >= 0.3 is 6.09 Å². The number of H-pyrrole nitrogens is 2. The lowest BCUT2D eigenvalue weighted by molar-refractivity contribution is 0.168. The standard InChI is InChI=1S/C17H15N5O2/c1-2-24-17(23)22-14-8-11(15-16(21-14)19-9-18-15)13-7-10-5-3-4-6-12(10)20-13/h3-9,20H,2H2,1H3,(H2,18,19,21,22,23). The molecule has 7 heteroatoms. The van der Waals surface area contributed by atoms with Gasteiger partial charge in [-0.3, -0.25) is 5.32 Å². The summed E-state index contributed by atoms with van der Waals surface area (Å²) in [7, 11) is 0. The molecule has 0 aliphatic heterocycles. The zero-order chi connectivity index (χ0) is 16.5. The number of nitrogens with one attached hydrogen (secondary N) is 3. The maximum Gasteiger partial charge on any atom is 0.412 e. The van der Waals surface area contributed by atoms with Crippen LogP contribution in [-0.2, 0) is 4.74 Å². The van der Waals surface area contributed by atoms with Gasteiger partial charge in [-0.15, -0.1) is 0 Å². The fourth-order valence-electron chi connectivity index (χ4n) is 2.69. The number of hydrogen-bond donors (Lipinski definition) is 3. The molecule has 0 spiro atoms. The van der Waals surface area contributed by atoms with Crippen LogP contribution in [0.5, 0.6) is 0 Å². The van der Waals surface area contributed by atoms with E-state index in [-0.39, 0.29) is 0 Å².